The van der Waals surface area contributed by atoms with Gasteiger partial charge in [-0.05, 0) is 29.7 Å². The molecule has 0 radical (unpaired) electrons. The maximum atomic E-state index is 12.8. The van der Waals surface area contributed by atoms with Gasteiger partial charge in [0.05, 0.1) is 24.3 Å². The largest absolute Gasteiger partial charge is 0.347 e. The quantitative estimate of drug-likeness (QED) is 0.591. The van der Waals surface area contributed by atoms with Crippen LogP contribution in [0.1, 0.15) is 22.8 Å². The van der Waals surface area contributed by atoms with E-state index in [1.165, 1.54) is 4.57 Å². The second-order valence-corrected chi connectivity index (χ2v) is 7.32. The number of nitrogens with zero attached hydrogens (tertiary/aromatic N) is 3. The van der Waals surface area contributed by atoms with Crippen molar-refractivity contribution in [2.24, 2.45) is 5.92 Å². The molecule has 29 heavy (non-hydrogen) atoms. The summed E-state index contributed by atoms with van der Waals surface area (Å²) in [6, 6.07) is 6.75. The third-order valence-corrected chi connectivity index (χ3v) is 5.23. The molecule has 2 aromatic heterocycles. The van der Waals surface area contributed by atoms with E-state index in [-0.39, 0.29) is 35.9 Å². The minimum atomic E-state index is -0.265. The van der Waals surface area contributed by atoms with Gasteiger partial charge >= 0.3 is 5.69 Å². The molecule has 2 unspecified atom stereocenters. The first-order valence-electron chi connectivity index (χ1n) is 9.44. The number of H-pyrrole nitrogens is 2. The Morgan fingerprint density at radius 2 is 2.17 bits per heavy atom. The smallest absolute Gasteiger partial charge is 0.330 e. The van der Waals surface area contributed by atoms with Crippen LogP contribution in [0.4, 0.5) is 0 Å². The van der Waals surface area contributed by atoms with Gasteiger partial charge in [-0.15, -0.1) is 0 Å². The summed E-state index contributed by atoms with van der Waals surface area (Å²) in [5.41, 5.74) is 1.65. The first-order valence-corrected chi connectivity index (χ1v) is 9.44. The maximum Gasteiger partial charge on any atom is 0.330 e. The van der Waals surface area contributed by atoms with Crippen molar-refractivity contribution in [2.75, 3.05) is 13.1 Å². The summed E-state index contributed by atoms with van der Waals surface area (Å²) in [7, 11) is 0. The van der Waals surface area contributed by atoms with Gasteiger partial charge in [0, 0.05) is 37.2 Å². The van der Waals surface area contributed by atoms with Crippen molar-refractivity contribution in [3.63, 3.8) is 0 Å². The van der Waals surface area contributed by atoms with Crippen LogP contribution in [-0.4, -0.2) is 55.6 Å². The van der Waals surface area contributed by atoms with Crippen LogP contribution in [0.3, 0.4) is 0 Å². The molecule has 1 aliphatic heterocycles. The lowest BCUT2D eigenvalue weighted by Gasteiger charge is -2.17. The highest BCUT2D eigenvalue weighted by atomic mass is 16.2. The molecule has 1 saturated heterocycles. The van der Waals surface area contributed by atoms with E-state index < -0.39 is 0 Å². The molecule has 0 saturated carbocycles. The van der Waals surface area contributed by atoms with Crippen molar-refractivity contribution < 1.29 is 9.59 Å². The molecule has 0 bridgehead atoms. The molecule has 2 atom stereocenters. The fourth-order valence-electron chi connectivity index (χ4n) is 3.59. The zero-order chi connectivity index (χ0) is 20.4. The second kappa shape index (κ2) is 7.78. The minimum Gasteiger partial charge on any atom is -0.347 e. The van der Waals surface area contributed by atoms with E-state index in [0.29, 0.717) is 24.3 Å². The van der Waals surface area contributed by atoms with Gasteiger partial charge in [-0.2, -0.15) is 5.10 Å². The Labute approximate surface area is 166 Å². The van der Waals surface area contributed by atoms with Gasteiger partial charge in [0.15, 0.2) is 0 Å². The van der Waals surface area contributed by atoms with E-state index in [1.807, 2.05) is 6.92 Å². The van der Waals surface area contributed by atoms with Crippen molar-refractivity contribution in [3.8, 4) is 5.69 Å². The van der Waals surface area contributed by atoms with Gasteiger partial charge in [0.2, 0.25) is 5.91 Å². The summed E-state index contributed by atoms with van der Waals surface area (Å²) < 4.78 is 1.44. The Hall–Kier alpha value is -3.62. The molecule has 4 rings (SSSR count). The summed E-state index contributed by atoms with van der Waals surface area (Å²) in [6.07, 6.45) is 6.79. The molecule has 0 aliphatic carbocycles. The Morgan fingerprint density at radius 1 is 1.31 bits per heavy atom. The fourth-order valence-corrected chi connectivity index (χ4v) is 3.59. The number of hydrogen-bond donors (Lipinski definition) is 3. The number of aromatic amines is 2. The molecule has 2 amide bonds. The number of nitrogens with one attached hydrogen (secondary N) is 3. The van der Waals surface area contributed by atoms with Crippen LogP contribution in [0.5, 0.6) is 0 Å². The van der Waals surface area contributed by atoms with Gasteiger partial charge in [-0.25, -0.2) is 4.79 Å². The van der Waals surface area contributed by atoms with Crippen molar-refractivity contribution in [2.45, 2.75) is 19.4 Å². The van der Waals surface area contributed by atoms with Crippen LogP contribution in [0.2, 0.25) is 0 Å². The number of carbonyl (C=O) groups excluding carboxylic acids is 2. The SMILES string of the molecule is CC1CN(C(=O)Cc2cn[nH]c2)CC1NC(=O)c1cccc(-n2cc[nH]c2=O)c1. The number of likely N-dealkylation sites (tertiary alicyclic amines) is 1. The molecule has 3 N–H and O–H groups in total. The average Bonchev–Trinajstić information content (AvgIpc) is 3.44. The lowest BCUT2D eigenvalue weighted by Crippen LogP contribution is -2.40. The van der Waals surface area contributed by atoms with Crippen molar-refractivity contribution in [3.05, 3.63) is 70.7 Å². The summed E-state index contributed by atoms with van der Waals surface area (Å²) in [5, 5.41) is 9.59. The monoisotopic (exact) mass is 394 g/mol. The lowest BCUT2D eigenvalue weighted by atomic mass is 10.1. The third kappa shape index (κ3) is 3.98. The van der Waals surface area contributed by atoms with Crippen molar-refractivity contribution in [1.82, 2.24) is 30.0 Å². The molecule has 150 valence electrons. The van der Waals surface area contributed by atoms with E-state index in [0.717, 1.165) is 5.56 Å². The average molecular weight is 394 g/mol. The number of carbonyl (C=O) groups is 2. The Kier molecular flexibility index (Phi) is 5.03. The van der Waals surface area contributed by atoms with Crippen LogP contribution < -0.4 is 11.0 Å². The molecule has 1 aliphatic rings. The molecule has 1 fully saturated rings. The van der Waals surface area contributed by atoms with E-state index in [4.69, 9.17) is 0 Å². The third-order valence-electron chi connectivity index (χ3n) is 5.23. The van der Waals surface area contributed by atoms with Gasteiger partial charge in [0.1, 0.15) is 0 Å². The van der Waals surface area contributed by atoms with Crippen molar-refractivity contribution >= 4 is 11.8 Å². The Morgan fingerprint density at radius 3 is 2.90 bits per heavy atom. The Balaban J connectivity index is 1.41. The number of rotatable bonds is 5. The molecule has 3 heterocycles. The summed E-state index contributed by atoms with van der Waals surface area (Å²) in [5.74, 6) is -0.0667. The topological polar surface area (TPSA) is 116 Å². The number of hydrogen-bond acceptors (Lipinski definition) is 4. The van der Waals surface area contributed by atoms with E-state index in [2.05, 4.69) is 20.5 Å². The van der Waals surface area contributed by atoms with Gasteiger partial charge in [0.25, 0.3) is 5.91 Å². The molecular weight excluding hydrogens is 372 g/mol. The summed E-state index contributed by atoms with van der Waals surface area (Å²) in [6.45, 7) is 3.09. The van der Waals surface area contributed by atoms with E-state index >= 15 is 0 Å². The highest BCUT2D eigenvalue weighted by Crippen LogP contribution is 2.19. The van der Waals surface area contributed by atoms with Crippen LogP contribution in [-0.2, 0) is 11.2 Å². The normalized spacial score (nSPS) is 18.7. The zero-order valence-electron chi connectivity index (χ0n) is 16.0. The minimum absolute atomic E-state index is 0.0174. The van der Waals surface area contributed by atoms with Gasteiger partial charge < -0.3 is 15.2 Å². The van der Waals surface area contributed by atoms with Crippen molar-refractivity contribution in [1.29, 1.82) is 0 Å². The van der Waals surface area contributed by atoms with E-state index in [9.17, 15) is 14.4 Å². The molecule has 9 heteroatoms. The van der Waals surface area contributed by atoms with Gasteiger partial charge in [-0.1, -0.05) is 13.0 Å². The summed E-state index contributed by atoms with van der Waals surface area (Å²) in [4.78, 5) is 41.4. The number of amides is 2. The number of benzene rings is 1. The molecule has 9 nitrogen and oxygen atoms in total. The van der Waals surface area contributed by atoms with Crippen LogP contribution in [0.15, 0.2) is 53.8 Å². The first kappa shape index (κ1) is 18.7. The molecule has 0 spiro atoms. The first-order chi connectivity index (χ1) is 14.0. The lowest BCUT2D eigenvalue weighted by molar-refractivity contribution is -0.129. The molecule has 1 aromatic carbocycles. The van der Waals surface area contributed by atoms with Crippen LogP contribution in [0, 0.1) is 5.92 Å². The van der Waals surface area contributed by atoms with Crippen LogP contribution in [0.25, 0.3) is 5.69 Å². The number of imidazole rings is 1. The van der Waals surface area contributed by atoms with Crippen LogP contribution >= 0.6 is 0 Å². The predicted octanol–water partition coefficient (Wildman–Crippen LogP) is 0.708. The summed E-state index contributed by atoms with van der Waals surface area (Å²) >= 11 is 0. The molecule has 3 aromatic rings. The highest BCUT2D eigenvalue weighted by Gasteiger charge is 2.33. The Bertz CT molecular complexity index is 1070. The zero-order valence-corrected chi connectivity index (χ0v) is 16.0. The maximum absolute atomic E-state index is 12.8. The fraction of sp³-hybridized carbons (Fsp3) is 0.300. The van der Waals surface area contributed by atoms with Gasteiger partial charge in [-0.3, -0.25) is 19.3 Å². The van der Waals surface area contributed by atoms with E-state index in [1.54, 1.807) is 54.0 Å². The second-order valence-electron chi connectivity index (χ2n) is 7.32. The number of aromatic nitrogens is 4. The highest BCUT2D eigenvalue weighted by molar-refractivity contribution is 5.95. The standard InChI is InChI=1S/C20H22N6O3/c1-13-11-25(18(27)7-14-9-22-23-10-14)12-17(13)24-19(28)15-3-2-4-16(8-15)26-6-5-21-20(26)29/h2-6,8-10,13,17H,7,11-12H2,1H3,(H,21,29)(H,22,23)(H,24,28). The predicted molar refractivity (Wildman–Crippen MR) is 106 cm³/mol. The molecular formula is C20H22N6O3.